The number of carboxylic acids is 1. The molecule has 17 heavy (non-hydrogen) atoms. The van der Waals surface area contributed by atoms with Crippen molar-refractivity contribution in [2.75, 3.05) is 0 Å². The van der Waals surface area contributed by atoms with Crippen molar-refractivity contribution < 1.29 is 24.3 Å². The molecule has 0 aliphatic carbocycles. The minimum atomic E-state index is -4.24. The molecule has 0 saturated carbocycles. The molecule has 0 radical (unpaired) electrons. The summed E-state index contributed by atoms with van der Waals surface area (Å²) in [6.45, 7) is 0.306. The molecule has 0 spiro atoms. The Kier molecular flexibility index (Phi) is 3.05. The minimum Gasteiger partial charge on any atom is -0.480 e. The third-order valence-electron chi connectivity index (χ3n) is 2.79. The lowest BCUT2D eigenvalue weighted by atomic mass is 9.96. The van der Waals surface area contributed by atoms with Crippen molar-refractivity contribution in [3.63, 3.8) is 0 Å². The number of hydrogen-bond acceptors (Lipinski definition) is 3. The average molecular weight is 257 g/mol. The highest BCUT2D eigenvalue weighted by Crippen LogP contribution is 2.34. The molecule has 92 valence electrons. The highest BCUT2D eigenvalue weighted by atomic mass is 31.2. The standard InChI is InChI=1S/C10H12NO5P/c12-10(13)9-4-6-1-2-8(17(14,15)16)3-7(6)5-11-9/h1-3,9,11H,4-5H2,(H,12,13)(H2,14,15,16). The maximum Gasteiger partial charge on any atom is 0.356 e. The molecule has 1 aliphatic rings. The van der Waals surface area contributed by atoms with E-state index in [-0.39, 0.29) is 5.30 Å². The Balaban J connectivity index is 2.32. The van der Waals surface area contributed by atoms with E-state index in [0.717, 1.165) is 11.1 Å². The van der Waals surface area contributed by atoms with Crippen molar-refractivity contribution >= 4 is 18.9 Å². The van der Waals surface area contributed by atoms with Gasteiger partial charge in [-0.25, -0.2) is 0 Å². The maximum absolute atomic E-state index is 11.1. The summed E-state index contributed by atoms with van der Waals surface area (Å²) in [5.41, 5.74) is 1.55. The highest BCUT2D eigenvalue weighted by Gasteiger charge is 2.25. The molecule has 0 aromatic heterocycles. The molecule has 1 aromatic rings. The predicted molar refractivity (Wildman–Crippen MR) is 60.1 cm³/mol. The van der Waals surface area contributed by atoms with Crippen molar-refractivity contribution in [1.82, 2.24) is 5.32 Å². The second-order valence-electron chi connectivity index (χ2n) is 3.97. The van der Waals surface area contributed by atoms with Crippen LogP contribution >= 0.6 is 7.60 Å². The Hall–Kier alpha value is -1.20. The van der Waals surface area contributed by atoms with Gasteiger partial charge < -0.3 is 20.2 Å². The fraction of sp³-hybridized carbons (Fsp3) is 0.300. The molecular formula is C10H12NO5P. The largest absolute Gasteiger partial charge is 0.480 e. The number of rotatable bonds is 2. The molecular weight excluding hydrogens is 245 g/mol. The van der Waals surface area contributed by atoms with E-state index in [1.165, 1.54) is 12.1 Å². The van der Waals surface area contributed by atoms with E-state index < -0.39 is 19.6 Å². The van der Waals surface area contributed by atoms with Crippen LogP contribution in [-0.2, 0) is 22.3 Å². The Morgan fingerprint density at radius 2 is 2.06 bits per heavy atom. The van der Waals surface area contributed by atoms with Gasteiger partial charge in [-0.1, -0.05) is 6.07 Å². The van der Waals surface area contributed by atoms with E-state index in [9.17, 15) is 9.36 Å². The number of benzene rings is 1. The predicted octanol–water partition coefficient (Wildman–Crippen LogP) is -0.412. The molecule has 0 saturated heterocycles. The first kappa shape index (κ1) is 12.3. The number of carbonyl (C=O) groups is 1. The van der Waals surface area contributed by atoms with Gasteiger partial charge in [0.25, 0.3) is 0 Å². The molecule has 2 rings (SSSR count). The molecule has 1 aliphatic heterocycles. The van der Waals surface area contributed by atoms with E-state index in [2.05, 4.69) is 5.32 Å². The summed E-state index contributed by atoms with van der Waals surface area (Å²) in [5.74, 6) is -0.922. The molecule has 4 N–H and O–H groups in total. The zero-order valence-corrected chi connectivity index (χ0v) is 9.72. The van der Waals surface area contributed by atoms with E-state index in [0.29, 0.717) is 13.0 Å². The quantitative estimate of drug-likeness (QED) is 0.536. The van der Waals surface area contributed by atoms with Crippen LogP contribution < -0.4 is 10.6 Å². The molecule has 6 nitrogen and oxygen atoms in total. The second-order valence-corrected chi connectivity index (χ2v) is 5.58. The molecule has 0 fully saturated rings. The molecule has 0 bridgehead atoms. The first-order valence-electron chi connectivity index (χ1n) is 5.02. The Bertz CT molecular complexity index is 509. The zero-order valence-electron chi connectivity index (χ0n) is 8.83. The van der Waals surface area contributed by atoms with Crippen LogP contribution in [0.5, 0.6) is 0 Å². The van der Waals surface area contributed by atoms with Gasteiger partial charge in [0.15, 0.2) is 0 Å². The van der Waals surface area contributed by atoms with E-state index in [1.54, 1.807) is 6.07 Å². The lowest BCUT2D eigenvalue weighted by Crippen LogP contribution is -2.41. The summed E-state index contributed by atoms with van der Waals surface area (Å²) in [5, 5.41) is 11.6. The minimum absolute atomic E-state index is 0.0353. The van der Waals surface area contributed by atoms with Gasteiger partial charge in [-0.3, -0.25) is 9.36 Å². The second kappa shape index (κ2) is 4.23. The van der Waals surface area contributed by atoms with Crippen molar-refractivity contribution in [2.24, 2.45) is 0 Å². The van der Waals surface area contributed by atoms with Crippen LogP contribution in [-0.4, -0.2) is 26.9 Å². The van der Waals surface area contributed by atoms with Crippen molar-refractivity contribution in [1.29, 1.82) is 0 Å². The van der Waals surface area contributed by atoms with Crippen molar-refractivity contribution in [2.45, 2.75) is 19.0 Å². The van der Waals surface area contributed by atoms with Crippen LogP contribution in [0.3, 0.4) is 0 Å². The summed E-state index contributed by atoms with van der Waals surface area (Å²) in [6.07, 6.45) is 0.326. The summed E-state index contributed by atoms with van der Waals surface area (Å²) in [4.78, 5) is 28.9. The summed E-state index contributed by atoms with van der Waals surface area (Å²) in [7, 11) is -4.24. The number of aliphatic carboxylic acids is 1. The molecule has 1 atom stereocenters. The third-order valence-corrected chi connectivity index (χ3v) is 3.74. The third kappa shape index (κ3) is 2.56. The summed E-state index contributed by atoms with van der Waals surface area (Å²) < 4.78 is 11.1. The normalized spacial score (nSPS) is 19.8. The first-order valence-corrected chi connectivity index (χ1v) is 6.63. The monoisotopic (exact) mass is 257 g/mol. The van der Waals surface area contributed by atoms with Crippen molar-refractivity contribution in [3.8, 4) is 0 Å². The summed E-state index contributed by atoms with van der Waals surface area (Å²) in [6, 6.07) is 3.73. The van der Waals surface area contributed by atoms with Crippen LogP contribution in [0.1, 0.15) is 11.1 Å². The molecule has 7 heteroatoms. The average Bonchev–Trinajstić information content (AvgIpc) is 2.26. The smallest absolute Gasteiger partial charge is 0.356 e. The van der Waals surface area contributed by atoms with Gasteiger partial charge >= 0.3 is 13.6 Å². The van der Waals surface area contributed by atoms with Gasteiger partial charge in [-0.05, 0) is 29.7 Å². The van der Waals surface area contributed by atoms with Gasteiger partial charge in [0.1, 0.15) is 6.04 Å². The zero-order chi connectivity index (χ0) is 12.6. The van der Waals surface area contributed by atoms with Gasteiger partial charge in [0.2, 0.25) is 0 Å². The molecule has 1 aromatic carbocycles. The van der Waals surface area contributed by atoms with Crippen LogP contribution in [0.25, 0.3) is 0 Å². The maximum atomic E-state index is 11.1. The van der Waals surface area contributed by atoms with Gasteiger partial charge in [-0.15, -0.1) is 0 Å². The van der Waals surface area contributed by atoms with E-state index in [1.807, 2.05) is 0 Å². The number of hydrogen-bond donors (Lipinski definition) is 4. The van der Waals surface area contributed by atoms with Crippen molar-refractivity contribution in [3.05, 3.63) is 29.3 Å². The lowest BCUT2D eigenvalue weighted by molar-refractivity contribution is -0.139. The molecule has 0 amide bonds. The lowest BCUT2D eigenvalue weighted by Gasteiger charge is -2.23. The van der Waals surface area contributed by atoms with Crippen LogP contribution in [0.2, 0.25) is 0 Å². The van der Waals surface area contributed by atoms with E-state index in [4.69, 9.17) is 14.9 Å². The van der Waals surface area contributed by atoms with Gasteiger partial charge in [-0.2, -0.15) is 0 Å². The Morgan fingerprint density at radius 3 is 2.65 bits per heavy atom. The topological polar surface area (TPSA) is 107 Å². The van der Waals surface area contributed by atoms with Crippen LogP contribution in [0.4, 0.5) is 0 Å². The summed E-state index contributed by atoms with van der Waals surface area (Å²) >= 11 is 0. The molecule has 1 heterocycles. The fourth-order valence-corrected chi connectivity index (χ4v) is 2.45. The molecule has 1 unspecified atom stereocenters. The Labute approximate surface area is 97.4 Å². The van der Waals surface area contributed by atoms with Gasteiger partial charge in [0.05, 0.1) is 5.30 Å². The highest BCUT2D eigenvalue weighted by molar-refractivity contribution is 7.60. The van der Waals surface area contributed by atoms with E-state index >= 15 is 0 Å². The number of fused-ring (bicyclic) bond motifs is 1. The van der Waals surface area contributed by atoms with Crippen LogP contribution in [0.15, 0.2) is 18.2 Å². The SMILES string of the molecule is O=C(O)C1Cc2ccc(P(=O)(O)O)cc2CN1. The fourth-order valence-electron chi connectivity index (χ4n) is 1.86. The Morgan fingerprint density at radius 1 is 1.35 bits per heavy atom. The van der Waals surface area contributed by atoms with Crippen LogP contribution in [0, 0.1) is 0 Å². The van der Waals surface area contributed by atoms with Gasteiger partial charge in [0, 0.05) is 6.54 Å². The first-order chi connectivity index (χ1) is 7.88. The number of nitrogens with one attached hydrogen (secondary N) is 1. The number of carboxylic acid groups (broad SMARTS) is 1.